The van der Waals surface area contributed by atoms with Crippen molar-refractivity contribution in [1.82, 2.24) is 4.98 Å². The van der Waals surface area contributed by atoms with Crippen LogP contribution in [0.25, 0.3) is 11.3 Å². The van der Waals surface area contributed by atoms with Crippen molar-refractivity contribution in [1.29, 1.82) is 0 Å². The molecule has 0 spiro atoms. The van der Waals surface area contributed by atoms with Crippen LogP contribution in [0.3, 0.4) is 0 Å². The fourth-order valence-electron chi connectivity index (χ4n) is 1.08. The van der Waals surface area contributed by atoms with E-state index in [0.29, 0.717) is 5.00 Å². The fraction of sp³-hybridized carbons (Fsp3) is 0. The van der Waals surface area contributed by atoms with Crippen molar-refractivity contribution >= 4 is 28.7 Å². The molecule has 0 radical (unpaired) electrons. The minimum Gasteiger partial charge on any atom is -0.389 e. The molecule has 1 heterocycles. The number of nitrogens with zero attached hydrogens (tertiary/aromatic N) is 1. The minimum atomic E-state index is -0.252. The van der Waals surface area contributed by atoms with E-state index in [9.17, 15) is 4.39 Å². The monoisotopic (exact) mass is 230 g/mol. The van der Waals surface area contributed by atoms with Gasteiger partial charge in [0.05, 0.1) is 5.51 Å². The summed E-state index contributed by atoms with van der Waals surface area (Å²) in [6.07, 6.45) is 0. The van der Waals surface area contributed by atoms with Gasteiger partial charge in [-0.1, -0.05) is 0 Å². The minimum absolute atomic E-state index is 0. The van der Waals surface area contributed by atoms with Crippen molar-refractivity contribution in [2.24, 2.45) is 0 Å². The standard InChI is InChI=1S/C9H7FN2S.ClH/c10-7-3-1-6(2-4-7)8-9(11)13-5-12-8;/h1-5H,11H2;1H. The summed E-state index contributed by atoms with van der Waals surface area (Å²) in [7, 11) is 0. The summed E-state index contributed by atoms with van der Waals surface area (Å²) in [5.74, 6) is -0.252. The zero-order valence-corrected chi connectivity index (χ0v) is 8.74. The van der Waals surface area contributed by atoms with Crippen LogP contribution in [0.2, 0.25) is 0 Å². The van der Waals surface area contributed by atoms with Gasteiger partial charge in [0.2, 0.25) is 0 Å². The van der Waals surface area contributed by atoms with Gasteiger partial charge in [-0.25, -0.2) is 9.37 Å². The molecule has 0 unspecified atom stereocenters. The molecule has 2 N–H and O–H groups in total. The van der Waals surface area contributed by atoms with Crippen molar-refractivity contribution in [2.45, 2.75) is 0 Å². The quantitative estimate of drug-likeness (QED) is 0.818. The predicted molar refractivity (Wildman–Crippen MR) is 59.2 cm³/mol. The van der Waals surface area contributed by atoms with Crippen LogP contribution in [-0.2, 0) is 0 Å². The highest BCUT2D eigenvalue weighted by Gasteiger charge is 2.04. The van der Waals surface area contributed by atoms with E-state index < -0.39 is 0 Å². The number of rotatable bonds is 1. The lowest BCUT2D eigenvalue weighted by Gasteiger charge is -1.97. The Hall–Kier alpha value is -1.13. The van der Waals surface area contributed by atoms with Gasteiger partial charge in [0, 0.05) is 5.56 Å². The SMILES string of the molecule is Cl.Nc1scnc1-c1ccc(F)cc1. The second-order valence-electron chi connectivity index (χ2n) is 2.57. The number of halogens is 2. The molecular formula is C9H8ClFN2S. The van der Waals surface area contributed by atoms with E-state index in [4.69, 9.17) is 5.73 Å². The molecule has 2 nitrogen and oxygen atoms in total. The van der Waals surface area contributed by atoms with Gasteiger partial charge in [0.25, 0.3) is 0 Å². The first kappa shape index (κ1) is 10.9. The van der Waals surface area contributed by atoms with E-state index in [2.05, 4.69) is 4.98 Å². The van der Waals surface area contributed by atoms with Crippen LogP contribution in [0, 0.1) is 5.82 Å². The van der Waals surface area contributed by atoms with Gasteiger partial charge in [-0.15, -0.1) is 23.7 Å². The Morgan fingerprint density at radius 1 is 1.21 bits per heavy atom. The second kappa shape index (κ2) is 4.39. The topological polar surface area (TPSA) is 38.9 Å². The summed E-state index contributed by atoms with van der Waals surface area (Å²) in [4.78, 5) is 4.09. The average molecular weight is 231 g/mol. The maximum absolute atomic E-state index is 12.6. The zero-order valence-electron chi connectivity index (χ0n) is 7.11. The van der Waals surface area contributed by atoms with Crippen molar-refractivity contribution in [3.63, 3.8) is 0 Å². The molecule has 1 aromatic heterocycles. The molecule has 2 aromatic rings. The highest BCUT2D eigenvalue weighted by atomic mass is 35.5. The second-order valence-corrected chi connectivity index (χ2v) is 3.46. The van der Waals surface area contributed by atoms with Gasteiger partial charge in [0.15, 0.2) is 0 Å². The maximum atomic E-state index is 12.6. The number of thiazole rings is 1. The molecule has 74 valence electrons. The molecular weight excluding hydrogens is 223 g/mol. The summed E-state index contributed by atoms with van der Waals surface area (Å²) in [5, 5.41) is 0.659. The first-order chi connectivity index (χ1) is 6.27. The lowest BCUT2D eigenvalue weighted by atomic mass is 10.2. The number of anilines is 1. The van der Waals surface area contributed by atoms with Gasteiger partial charge in [-0.2, -0.15) is 0 Å². The number of benzene rings is 1. The Labute approximate surface area is 91.0 Å². The fourth-order valence-corrected chi connectivity index (χ4v) is 1.63. The maximum Gasteiger partial charge on any atom is 0.123 e. The molecule has 0 fully saturated rings. The van der Waals surface area contributed by atoms with E-state index >= 15 is 0 Å². The molecule has 1 aromatic carbocycles. The largest absolute Gasteiger partial charge is 0.389 e. The highest BCUT2D eigenvalue weighted by Crippen LogP contribution is 2.27. The average Bonchev–Trinajstić information content (AvgIpc) is 2.53. The van der Waals surface area contributed by atoms with Crippen LogP contribution in [0.4, 0.5) is 9.39 Å². The van der Waals surface area contributed by atoms with E-state index in [1.807, 2.05) is 0 Å². The molecule has 14 heavy (non-hydrogen) atoms. The van der Waals surface area contributed by atoms with E-state index in [0.717, 1.165) is 11.3 Å². The Bertz CT molecular complexity index is 413. The van der Waals surface area contributed by atoms with Crippen molar-refractivity contribution < 1.29 is 4.39 Å². The van der Waals surface area contributed by atoms with Crippen LogP contribution in [-0.4, -0.2) is 4.98 Å². The van der Waals surface area contributed by atoms with E-state index in [1.54, 1.807) is 17.6 Å². The van der Waals surface area contributed by atoms with Crippen LogP contribution in [0.15, 0.2) is 29.8 Å². The summed E-state index contributed by atoms with van der Waals surface area (Å²) in [5.41, 5.74) is 8.92. The van der Waals surface area contributed by atoms with E-state index in [1.165, 1.54) is 23.5 Å². The molecule has 0 saturated carbocycles. The highest BCUT2D eigenvalue weighted by molar-refractivity contribution is 7.14. The van der Waals surface area contributed by atoms with Crippen molar-refractivity contribution in [2.75, 3.05) is 5.73 Å². The van der Waals surface area contributed by atoms with Crippen LogP contribution >= 0.6 is 23.7 Å². The van der Waals surface area contributed by atoms with Gasteiger partial charge >= 0.3 is 0 Å². The lowest BCUT2D eigenvalue weighted by Crippen LogP contribution is -1.85. The number of hydrogen-bond acceptors (Lipinski definition) is 3. The molecule has 0 aliphatic heterocycles. The molecule has 0 saturated heterocycles. The lowest BCUT2D eigenvalue weighted by molar-refractivity contribution is 0.628. The number of nitrogens with two attached hydrogens (primary N) is 1. The Morgan fingerprint density at radius 2 is 1.86 bits per heavy atom. The number of nitrogen functional groups attached to an aromatic ring is 1. The molecule has 2 rings (SSSR count). The molecule has 0 bridgehead atoms. The predicted octanol–water partition coefficient (Wildman–Crippen LogP) is 2.95. The molecule has 0 aliphatic rings. The van der Waals surface area contributed by atoms with Crippen LogP contribution in [0.5, 0.6) is 0 Å². The van der Waals surface area contributed by atoms with Gasteiger partial charge < -0.3 is 5.73 Å². The van der Waals surface area contributed by atoms with Crippen LogP contribution < -0.4 is 5.73 Å². The molecule has 0 aliphatic carbocycles. The van der Waals surface area contributed by atoms with Crippen molar-refractivity contribution in [3.8, 4) is 11.3 Å². The number of aromatic nitrogens is 1. The van der Waals surface area contributed by atoms with Gasteiger partial charge in [-0.05, 0) is 24.3 Å². The molecule has 0 amide bonds. The smallest absolute Gasteiger partial charge is 0.123 e. The third kappa shape index (κ3) is 2.02. The summed E-state index contributed by atoms with van der Waals surface area (Å²) in [6.45, 7) is 0. The third-order valence-electron chi connectivity index (χ3n) is 1.71. The normalized spacial score (nSPS) is 9.50. The molecule has 0 atom stereocenters. The molecule has 5 heteroatoms. The number of hydrogen-bond donors (Lipinski definition) is 1. The van der Waals surface area contributed by atoms with Gasteiger partial charge in [-0.3, -0.25) is 0 Å². The summed E-state index contributed by atoms with van der Waals surface area (Å²) < 4.78 is 12.6. The van der Waals surface area contributed by atoms with Crippen molar-refractivity contribution in [3.05, 3.63) is 35.6 Å². The third-order valence-corrected chi connectivity index (χ3v) is 2.37. The Morgan fingerprint density at radius 3 is 2.36 bits per heavy atom. The summed E-state index contributed by atoms with van der Waals surface area (Å²) in [6, 6.07) is 6.13. The van der Waals surface area contributed by atoms with Crippen LogP contribution in [0.1, 0.15) is 0 Å². The Kier molecular flexibility index (Phi) is 3.43. The summed E-state index contributed by atoms with van der Waals surface area (Å²) >= 11 is 1.38. The van der Waals surface area contributed by atoms with E-state index in [-0.39, 0.29) is 18.2 Å². The zero-order chi connectivity index (χ0) is 9.26. The first-order valence-corrected chi connectivity index (χ1v) is 4.60. The first-order valence-electron chi connectivity index (χ1n) is 3.72. The van der Waals surface area contributed by atoms with Gasteiger partial charge in [0.1, 0.15) is 16.5 Å². The Balaban J connectivity index is 0.000000980.